The first-order valence-electron chi connectivity index (χ1n) is 11.1. The van der Waals surface area contributed by atoms with E-state index in [0.717, 1.165) is 25.2 Å². The predicted octanol–water partition coefficient (Wildman–Crippen LogP) is 5.44. The van der Waals surface area contributed by atoms with E-state index in [1.165, 1.54) is 29.1 Å². The van der Waals surface area contributed by atoms with Crippen LogP contribution in [0.5, 0.6) is 5.75 Å². The molecule has 3 heterocycles. The number of hydrogen-bond donors (Lipinski definition) is 1. The summed E-state index contributed by atoms with van der Waals surface area (Å²) in [5.74, 6) is -5.07. The van der Waals surface area contributed by atoms with E-state index in [-0.39, 0.29) is 22.8 Å². The van der Waals surface area contributed by atoms with E-state index in [4.69, 9.17) is 0 Å². The summed E-state index contributed by atoms with van der Waals surface area (Å²) in [6.45, 7) is 1.79. The number of alkyl halides is 3. The van der Waals surface area contributed by atoms with Gasteiger partial charge < -0.3 is 10.0 Å². The molecule has 4 aromatic rings. The summed E-state index contributed by atoms with van der Waals surface area (Å²) in [6, 6.07) is 6.38. The maximum Gasteiger partial charge on any atom is 0.419 e. The molecule has 0 unspecified atom stereocenters. The summed E-state index contributed by atoms with van der Waals surface area (Å²) in [5, 5.41) is 13.9. The molecule has 0 atom stereocenters. The number of phenols is 1. The van der Waals surface area contributed by atoms with Gasteiger partial charge in [0.15, 0.2) is 23.0 Å². The van der Waals surface area contributed by atoms with Gasteiger partial charge in [0.25, 0.3) is 0 Å². The smallest absolute Gasteiger partial charge is 0.419 e. The van der Waals surface area contributed by atoms with Crippen LogP contribution < -0.4 is 4.90 Å². The van der Waals surface area contributed by atoms with E-state index >= 15 is 0 Å². The number of phenolic OH excluding ortho intramolecular Hbond substituents is 1. The van der Waals surface area contributed by atoms with Crippen LogP contribution in [0.25, 0.3) is 22.3 Å². The average molecular weight is 537 g/mol. The average Bonchev–Trinajstić information content (AvgIpc) is 3.21. The molecule has 2 aromatic carbocycles. The number of halogens is 5. The lowest BCUT2D eigenvalue weighted by Gasteiger charge is -2.28. The lowest BCUT2D eigenvalue weighted by Crippen LogP contribution is -2.24. The van der Waals surface area contributed by atoms with Crippen LogP contribution in [0.3, 0.4) is 0 Å². The van der Waals surface area contributed by atoms with E-state index in [0.29, 0.717) is 5.95 Å². The van der Waals surface area contributed by atoms with Gasteiger partial charge in [-0.05, 0) is 42.0 Å². The highest BCUT2D eigenvalue weighted by atomic mass is 32.2. The second-order valence-corrected chi connectivity index (χ2v) is 9.52. The normalized spacial score (nSPS) is 14.3. The molecule has 194 valence electrons. The third-order valence-corrected chi connectivity index (χ3v) is 7.25. The van der Waals surface area contributed by atoms with Gasteiger partial charge in [-0.3, -0.25) is 0 Å². The number of hydrogen-bond acceptors (Lipinski definition) is 7. The number of nitrogens with zero attached hydrogens (tertiary/aromatic N) is 6. The summed E-state index contributed by atoms with van der Waals surface area (Å²) < 4.78 is 72.1. The first-order valence-corrected chi connectivity index (χ1v) is 12.3. The molecule has 0 radical (unpaired) electrons. The largest absolute Gasteiger partial charge is 0.503 e. The van der Waals surface area contributed by atoms with Crippen LogP contribution in [0.4, 0.5) is 33.6 Å². The van der Waals surface area contributed by atoms with Gasteiger partial charge in [-0.25, -0.2) is 22.8 Å². The molecule has 7 nitrogen and oxygen atoms in total. The third-order valence-electron chi connectivity index (χ3n) is 6.42. The van der Waals surface area contributed by atoms with Crippen molar-refractivity contribution in [3.8, 4) is 17.0 Å². The van der Waals surface area contributed by atoms with Gasteiger partial charge in [-0.1, -0.05) is 18.0 Å². The first-order chi connectivity index (χ1) is 17.5. The van der Waals surface area contributed by atoms with Crippen molar-refractivity contribution in [2.75, 3.05) is 24.7 Å². The summed E-state index contributed by atoms with van der Waals surface area (Å²) >= 11 is 1.71. The Morgan fingerprint density at radius 3 is 2.57 bits per heavy atom. The van der Waals surface area contributed by atoms with Crippen molar-refractivity contribution in [2.24, 2.45) is 7.05 Å². The molecule has 13 heteroatoms. The molecule has 0 aliphatic carbocycles. The Kier molecular flexibility index (Phi) is 6.23. The quantitative estimate of drug-likeness (QED) is 0.275. The van der Waals surface area contributed by atoms with Crippen molar-refractivity contribution in [3.05, 3.63) is 58.8 Å². The van der Waals surface area contributed by atoms with Gasteiger partial charge in [0.05, 0.1) is 10.9 Å². The number of fused-ring (bicyclic) bond motifs is 2. The first kappa shape index (κ1) is 25.2. The van der Waals surface area contributed by atoms with E-state index < -0.39 is 34.7 Å². The summed E-state index contributed by atoms with van der Waals surface area (Å²) in [7, 11) is 3.27. The van der Waals surface area contributed by atoms with Crippen LogP contribution in [0.2, 0.25) is 0 Å². The second-order valence-electron chi connectivity index (χ2n) is 8.63. The number of anilines is 2. The molecular formula is C24H21F5N6OS. The van der Waals surface area contributed by atoms with Crippen molar-refractivity contribution >= 4 is 34.6 Å². The molecule has 1 aliphatic rings. The fraction of sp³-hybridized carbons (Fsp3) is 0.292. The van der Waals surface area contributed by atoms with Crippen LogP contribution in [-0.2, 0) is 26.2 Å². The Bertz CT molecular complexity index is 1520. The maximum absolute atomic E-state index is 14.7. The van der Waals surface area contributed by atoms with Crippen LogP contribution in [0.1, 0.15) is 16.7 Å². The molecule has 37 heavy (non-hydrogen) atoms. The Balaban J connectivity index is 1.54. The molecule has 0 fully saturated rings. The minimum Gasteiger partial charge on any atom is -0.503 e. The maximum atomic E-state index is 14.7. The zero-order valence-electron chi connectivity index (χ0n) is 19.9. The molecule has 0 saturated heterocycles. The molecule has 0 amide bonds. The zero-order valence-corrected chi connectivity index (χ0v) is 20.8. The van der Waals surface area contributed by atoms with Crippen molar-refractivity contribution in [3.63, 3.8) is 0 Å². The van der Waals surface area contributed by atoms with Crippen molar-refractivity contribution < 1.29 is 27.1 Å². The van der Waals surface area contributed by atoms with Crippen molar-refractivity contribution in [1.29, 1.82) is 0 Å². The predicted molar refractivity (Wildman–Crippen MR) is 130 cm³/mol. The highest BCUT2D eigenvalue weighted by molar-refractivity contribution is 7.96. The van der Waals surface area contributed by atoms with Gasteiger partial charge in [-0.15, -0.1) is 0 Å². The minimum absolute atomic E-state index is 0.139. The van der Waals surface area contributed by atoms with E-state index in [1.54, 1.807) is 23.9 Å². The number of aromatic hydroxyl groups is 1. The molecule has 5 rings (SSSR count). The van der Waals surface area contributed by atoms with E-state index in [2.05, 4.69) is 31.5 Å². The van der Waals surface area contributed by atoms with Crippen molar-refractivity contribution in [1.82, 2.24) is 24.1 Å². The highest BCUT2D eigenvalue weighted by Gasteiger charge is 2.38. The van der Waals surface area contributed by atoms with E-state index in [1.807, 2.05) is 12.3 Å². The Labute approximate surface area is 212 Å². The van der Waals surface area contributed by atoms with Gasteiger partial charge in [0.2, 0.25) is 5.95 Å². The van der Waals surface area contributed by atoms with Crippen LogP contribution >= 0.6 is 11.9 Å². The number of benzene rings is 2. The van der Waals surface area contributed by atoms with Gasteiger partial charge >= 0.3 is 6.18 Å². The molecule has 1 N–H and O–H groups in total. The lowest BCUT2D eigenvalue weighted by molar-refractivity contribution is -0.140. The van der Waals surface area contributed by atoms with E-state index in [9.17, 15) is 27.1 Å². The fourth-order valence-corrected chi connectivity index (χ4v) is 4.93. The SMILES string of the molecule is CSN1CCc2cc(N(C)c3ncc4c(-c5cc(C(F)(F)F)c(F)c(O)c5F)nn(C)c4n3)ccc2C1. The molecular weight excluding hydrogens is 515 g/mol. The van der Waals surface area contributed by atoms with Crippen LogP contribution in [0, 0.1) is 11.6 Å². The Morgan fingerprint density at radius 2 is 1.86 bits per heavy atom. The zero-order chi connectivity index (χ0) is 26.6. The summed E-state index contributed by atoms with van der Waals surface area (Å²) in [6.07, 6.45) is -0.881. The molecule has 0 bridgehead atoms. The minimum atomic E-state index is -5.15. The Hall–Kier alpha value is -3.45. The monoisotopic (exact) mass is 536 g/mol. The number of aromatic nitrogens is 4. The fourth-order valence-electron chi connectivity index (χ4n) is 4.38. The highest BCUT2D eigenvalue weighted by Crippen LogP contribution is 2.41. The topological polar surface area (TPSA) is 70.3 Å². The van der Waals surface area contributed by atoms with Crippen LogP contribution in [-0.4, -0.2) is 49.0 Å². The van der Waals surface area contributed by atoms with Crippen LogP contribution in [0.15, 0.2) is 30.5 Å². The molecule has 1 aliphatic heterocycles. The number of rotatable bonds is 4. The molecule has 0 spiro atoms. The van der Waals surface area contributed by atoms with Crippen molar-refractivity contribution in [2.45, 2.75) is 19.1 Å². The summed E-state index contributed by atoms with van der Waals surface area (Å²) in [5.41, 5.74) is 0.775. The van der Waals surface area contributed by atoms with Gasteiger partial charge in [-0.2, -0.15) is 23.3 Å². The Morgan fingerprint density at radius 1 is 1.11 bits per heavy atom. The molecule has 2 aromatic heterocycles. The third kappa shape index (κ3) is 4.35. The summed E-state index contributed by atoms with van der Waals surface area (Å²) in [4.78, 5) is 10.6. The lowest BCUT2D eigenvalue weighted by atomic mass is 10.0. The second kappa shape index (κ2) is 9.14. The van der Waals surface area contributed by atoms with Gasteiger partial charge in [0.1, 0.15) is 5.69 Å². The standard InChI is InChI=1S/C24H21F5N6OS/c1-33(14-5-4-13-11-35(37-3)7-6-12(13)8-14)23-30-10-16-20(32-34(2)22(16)31-23)15-9-17(24(27,28)29)19(26)21(36)18(15)25/h4-5,8-10,36H,6-7,11H2,1-3H3. The number of aryl methyl sites for hydroxylation is 1. The van der Waals surface area contributed by atoms with Gasteiger partial charge in [0, 0.05) is 44.6 Å². The molecule has 0 saturated carbocycles.